The Labute approximate surface area is 193 Å². The number of aliphatic hydroxyl groups is 1. The zero-order valence-corrected chi connectivity index (χ0v) is 18.4. The normalized spacial score (nSPS) is 21.9. The lowest BCUT2D eigenvalue weighted by molar-refractivity contribution is -0.138. The van der Waals surface area contributed by atoms with Gasteiger partial charge in [0.1, 0.15) is 11.8 Å². The molecule has 176 valence electrons. The molecule has 0 saturated heterocycles. The minimum absolute atomic E-state index is 0.0683. The number of nitrogens with one attached hydrogen (secondary N) is 3. The molecule has 4 atom stereocenters. The lowest BCUT2D eigenvalue weighted by Gasteiger charge is -2.30. The van der Waals surface area contributed by atoms with Crippen LogP contribution in [0.1, 0.15) is 48.4 Å². The Kier molecular flexibility index (Phi) is 7.27. The molecule has 0 aromatic heterocycles. The molecule has 0 heterocycles. The van der Waals surface area contributed by atoms with Crippen molar-refractivity contribution in [3.05, 3.63) is 65.2 Å². The van der Waals surface area contributed by atoms with E-state index < -0.39 is 35.9 Å². The number of aromatic hydroxyl groups is 1. The molecule has 0 aliphatic heterocycles. The number of carbonyl (C=O) groups excluding carboxylic acids is 2. The van der Waals surface area contributed by atoms with Crippen molar-refractivity contribution in [2.75, 3.05) is 0 Å². The third-order valence-corrected chi connectivity index (χ3v) is 6.77. The lowest BCUT2D eigenvalue weighted by Crippen LogP contribution is -2.56. The second-order valence-electron chi connectivity index (χ2n) is 9.04. The number of benzene rings is 2. The molecule has 33 heavy (non-hydrogen) atoms. The van der Waals surface area contributed by atoms with Crippen LogP contribution in [0.2, 0.25) is 0 Å². The van der Waals surface area contributed by atoms with E-state index in [0.717, 1.165) is 36.8 Å². The van der Waals surface area contributed by atoms with Gasteiger partial charge in [-0.1, -0.05) is 49.2 Å². The molecule has 2 aliphatic rings. The fraction of sp³-hybridized carbons (Fsp3) is 0.440. The third-order valence-electron chi connectivity index (χ3n) is 6.77. The van der Waals surface area contributed by atoms with Gasteiger partial charge in [0.25, 0.3) is 5.91 Å². The Morgan fingerprint density at radius 2 is 1.79 bits per heavy atom. The van der Waals surface area contributed by atoms with Gasteiger partial charge in [-0.05, 0) is 48.1 Å². The Bertz CT molecular complexity index is 992. The Morgan fingerprint density at radius 3 is 2.52 bits per heavy atom. The van der Waals surface area contributed by atoms with E-state index in [-0.39, 0.29) is 18.2 Å². The first-order valence-electron chi connectivity index (χ1n) is 11.5. The molecule has 6 N–H and O–H groups in total. The lowest BCUT2D eigenvalue weighted by atomic mass is 9.89. The predicted molar refractivity (Wildman–Crippen MR) is 121 cm³/mol. The minimum atomic E-state index is -0.978. The molecule has 2 aromatic rings. The first kappa shape index (κ1) is 23.2. The summed E-state index contributed by atoms with van der Waals surface area (Å²) in [5.74, 6) is -1.90. The Morgan fingerprint density at radius 1 is 1.03 bits per heavy atom. The molecule has 4 rings (SSSR count). The molecule has 8 nitrogen and oxygen atoms in total. The predicted octanol–water partition coefficient (Wildman–Crippen LogP) is 1.73. The first-order valence-corrected chi connectivity index (χ1v) is 11.5. The van der Waals surface area contributed by atoms with Crippen LogP contribution in [0.25, 0.3) is 0 Å². The summed E-state index contributed by atoms with van der Waals surface area (Å²) in [6.45, 7) is 0. The van der Waals surface area contributed by atoms with Crippen LogP contribution in [0.3, 0.4) is 0 Å². The van der Waals surface area contributed by atoms with Crippen LogP contribution >= 0.6 is 0 Å². The van der Waals surface area contributed by atoms with E-state index >= 15 is 0 Å². The average Bonchev–Trinajstić information content (AvgIpc) is 3.43. The number of hydrogen-bond donors (Lipinski definition) is 6. The van der Waals surface area contributed by atoms with Crippen LogP contribution in [0.5, 0.6) is 5.75 Å². The Balaban J connectivity index is 1.61. The van der Waals surface area contributed by atoms with Gasteiger partial charge < -0.3 is 20.8 Å². The van der Waals surface area contributed by atoms with Gasteiger partial charge in [-0.3, -0.25) is 14.8 Å². The molecule has 2 aliphatic carbocycles. The van der Waals surface area contributed by atoms with Gasteiger partial charge in [0.15, 0.2) is 0 Å². The van der Waals surface area contributed by atoms with Gasteiger partial charge in [-0.25, -0.2) is 5.48 Å². The molecule has 1 fully saturated rings. The highest BCUT2D eigenvalue weighted by atomic mass is 16.5. The summed E-state index contributed by atoms with van der Waals surface area (Å²) in [6, 6.07) is 12.7. The number of carbonyl (C=O) groups is 2. The van der Waals surface area contributed by atoms with Gasteiger partial charge in [0.05, 0.1) is 18.1 Å². The molecular formula is C25H31N3O5. The van der Waals surface area contributed by atoms with E-state index in [0.29, 0.717) is 12.0 Å². The van der Waals surface area contributed by atoms with Crippen LogP contribution in [0.15, 0.2) is 48.5 Å². The highest BCUT2D eigenvalue weighted by Gasteiger charge is 2.39. The maximum Gasteiger partial charge on any atom is 0.261 e. The standard InChI is InChI=1S/C25H31N3O5/c29-18-10-5-6-15(12-18)13-20(23(25(32)28-33)26-17-8-2-3-9-17)24(31)27-22-19-11-4-1-7-16(19)14-21(22)30/h1,4-7,10-12,17,20-23,26,29-30,33H,2-3,8-9,13-14H2,(H,27,31)(H,28,32). The molecule has 8 heteroatoms. The van der Waals surface area contributed by atoms with Crippen molar-refractivity contribution in [1.82, 2.24) is 16.1 Å². The van der Waals surface area contributed by atoms with Crippen LogP contribution in [0.4, 0.5) is 0 Å². The van der Waals surface area contributed by atoms with Crippen LogP contribution in [0, 0.1) is 5.92 Å². The summed E-state index contributed by atoms with van der Waals surface area (Å²) >= 11 is 0. The topological polar surface area (TPSA) is 131 Å². The maximum atomic E-state index is 13.6. The first-order chi connectivity index (χ1) is 16.0. The fourth-order valence-electron chi connectivity index (χ4n) is 5.10. The molecule has 2 aromatic carbocycles. The van der Waals surface area contributed by atoms with Gasteiger partial charge in [0.2, 0.25) is 5.91 Å². The van der Waals surface area contributed by atoms with E-state index in [4.69, 9.17) is 0 Å². The summed E-state index contributed by atoms with van der Waals surface area (Å²) in [5, 5.41) is 36.2. The molecular weight excluding hydrogens is 422 g/mol. The van der Waals surface area contributed by atoms with Crippen LogP contribution in [-0.4, -0.2) is 45.4 Å². The number of phenolic OH excluding ortho intramolecular Hbond substituents is 1. The monoisotopic (exact) mass is 453 g/mol. The number of hydrogen-bond acceptors (Lipinski definition) is 6. The highest BCUT2D eigenvalue weighted by Crippen LogP contribution is 2.32. The summed E-state index contributed by atoms with van der Waals surface area (Å²) in [4.78, 5) is 26.3. The van der Waals surface area contributed by atoms with Crippen LogP contribution < -0.4 is 16.1 Å². The summed E-state index contributed by atoms with van der Waals surface area (Å²) in [5.41, 5.74) is 4.24. The van der Waals surface area contributed by atoms with Crippen molar-refractivity contribution >= 4 is 11.8 Å². The molecule has 1 saturated carbocycles. The van der Waals surface area contributed by atoms with Crippen molar-refractivity contribution in [2.24, 2.45) is 5.92 Å². The minimum Gasteiger partial charge on any atom is -0.508 e. The Hall–Kier alpha value is -2.94. The summed E-state index contributed by atoms with van der Waals surface area (Å²) in [7, 11) is 0. The SMILES string of the molecule is O=C(NC1c2ccccc2CC1O)C(Cc1cccc(O)c1)C(NC1CCCC1)C(=O)NO. The summed E-state index contributed by atoms with van der Waals surface area (Å²) in [6.07, 6.45) is 3.72. The molecule has 0 radical (unpaired) electrons. The molecule has 0 bridgehead atoms. The fourth-order valence-corrected chi connectivity index (χ4v) is 5.10. The number of amides is 2. The zero-order valence-electron chi connectivity index (χ0n) is 18.4. The van der Waals surface area contributed by atoms with Crippen molar-refractivity contribution in [3.8, 4) is 5.75 Å². The quantitative estimate of drug-likeness (QED) is 0.267. The third kappa shape index (κ3) is 5.35. The zero-order chi connectivity index (χ0) is 23.4. The number of phenols is 1. The van der Waals surface area contributed by atoms with Crippen molar-refractivity contribution in [1.29, 1.82) is 0 Å². The number of aliphatic hydroxyl groups excluding tert-OH is 1. The largest absolute Gasteiger partial charge is 0.508 e. The highest BCUT2D eigenvalue weighted by molar-refractivity contribution is 5.90. The number of rotatable bonds is 8. The van der Waals surface area contributed by atoms with Gasteiger partial charge in [0, 0.05) is 12.5 Å². The smallest absolute Gasteiger partial charge is 0.261 e. The van der Waals surface area contributed by atoms with E-state index in [9.17, 15) is 25.0 Å². The molecule has 2 amide bonds. The van der Waals surface area contributed by atoms with E-state index in [1.807, 2.05) is 24.3 Å². The second-order valence-corrected chi connectivity index (χ2v) is 9.04. The maximum absolute atomic E-state index is 13.6. The van der Waals surface area contributed by atoms with Gasteiger partial charge in [-0.2, -0.15) is 0 Å². The van der Waals surface area contributed by atoms with Crippen LogP contribution in [-0.2, 0) is 22.4 Å². The van der Waals surface area contributed by atoms with Crippen molar-refractivity contribution < 1.29 is 25.0 Å². The van der Waals surface area contributed by atoms with Gasteiger partial charge >= 0.3 is 0 Å². The van der Waals surface area contributed by atoms with Crippen molar-refractivity contribution in [3.63, 3.8) is 0 Å². The van der Waals surface area contributed by atoms with E-state index in [1.165, 1.54) is 0 Å². The van der Waals surface area contributed by atoms with E-state index in [2.05, 4.69) is 10.6 Å². The number of hydroxylamine groups is 1. The second kappa shape index (κ2) is 10.3. The molecule has 0 spiro atoms. The molecule has 4 unspecified atom stereocenters. The number of fused-ring (bicyclic) bond motifs is 1. The van der Waals surface area contributed by atoms with E-state index in [1.54, 1.807) is 29.7 Å². The summed E-state index contributed by atoms with van der Waals surface area (Å²) < 4.78 is 0. The van der Waals surface area contributed by atoms with Crippen molar-refractivity contribution in [2.45, 2.75) is 62.8 Å². The van der Waals surface area contributed by atoms with Gasteiger partial charge in [-0.15, -0.1) is 0 Å². The average molecular weight is 454 g/mol.